The third-order valence-electron chi connectivity index (χ3n) is 1.65. The number of anilines is 1. The lowest BCUT2D eigenvalue weighted by Gasteiger charge is -2.07. The molecule has 0 aliphatic rings. The molecule has 0 saturated heterocycles. The smallest absolute Gasteiger partial charge is 0.337 e. The van der Waals surface area contributed by atoms with E-state index >= 15 is 0 Å². The average molecular weight is 256 g/mol. The van der Waals surface area contributed by atoms with Crippen molar-refractivity contribution >= 4 is 27.6 Å². The minimum Gasteiger partial charge on any atom is -0.478 e. The molecule has 0 amide bonds. The lowest BCUT2D eigenvalue weighted by Crippen LogP contribution is -2.05. The Balaban J connectivity index is 3.02. The molecular formula is C10H10BrNO2. The maximum Gasteiger partial charge on any atom is 0.337 e. The molecule has 0 heterocycles. The van der Waals surface area contributed by atoms with Gasteiger partial charge in [-0.2, -0.15) is 0 Å². The van der Waals surface area contributed by atoms with Gasteiger partial charge in [0, 0.05) is 11.0 Å². The van der Waals surface area contributed by atoms with Gasteiger partial charge in [-0.25, -0.2) is 4.79 Å². The summed E-state index contributed by atoms with van der Waals surface area (Å²) >= 11 is 3.28. The fourth-order valence-electron chi connectivity index (χ4n) is 1.03. The van der Waals surface area contributed by atoms with Crippen LogP contribution in [0, 0.1) is 0 Å². The summed E-state index contributed by atoms with van der Waals surface area (Å²) < 4.78 is 0.842. The van der Waals surface area contributed by atoms with E-state index in [0.717, 1.165) is 4.47 Å². The molecule has 1 aromatic carbocycles. The number of benzene rings is 1. The molecular weight excluding hydrogens is 246 g/mol. The van der Waals surface area contributed by atoms with Crippen LogP contribution in [0.2, 0.25) is 0 Å². The molecule has 0 spiro atoms. The zero-order valence-electron chi connectivity index (χ0n) is 7.46. The van der Waals surface area contributed by atoms with Gasteiger partial charge in [-0.1, -0.05) is 22.0 Å². The predicted octanol–water partition coefficient (Wildman–Crippen LogP) is 2.75. The maximum absolute atomic E-state index is 10.8. The van der Waals surface area contributed by atoms with Crippen LogP contribution in [-0.4, -0.2) is 17.6 Å². The average Bonchev–Trinajstić information content (AvgIpc) is 2.14. The zero-order chi connectivity index (χ0) is 10.6. The quantitative estimate of drug-likeness (QED) is 0.814. The second kappa shape index (κ2) is 4.81. The Morgan fingerprint density at radius 3 is 2.93 bits per heavy atom. The zero-order valence-corrected chi connectivity index (χ0v) is 9.04. The number of carbonyl (C=O) groups is 1. The number of aromatic carboxylic acids is 1. The molecule has 0 aliphatic carbocycles. The van der Waals surface area contributed by atoms with Crippen LogP contribution in [0.5, 0.6) is 0 Å². The van der Waals surface area contributed by atoms with Gasteiger partial charge in [0.2, 0.25) is 0 Å². The van der Waals surface area contributed by atoms with Crippen molar-refractivity contribution in [3.05, 3.63) is 40.9 Å². The van der Waals surface area contributed by atoms with E-state index < -0.39 is 5.97 Å². The summed E-state index contributed by atoms with van der Waals surface area (Å²) in [4.78, 5) is 10.8. The lowest BCUT2D eigenvalue weighted by molar-refractivity contribution is 0.0698. The van der Waals surface area contributed by atoms with Crippen LogP contribution < -0.4 is 5.32 Å². The summed E-state index contributed by atoms with van der Waals surface area (Å²) in [7, 11) is 0. The van der Waals surface area contributed by atoms with Crippen LogP contribution in [0.25, 0.3) is 0 Å². The first-order valence-corrected chi connectivity index (χ1v) is 4.82. The van der Waals surface area contributed by atoms with Crippen molar-refractivity contribution in [2.45, 2.75) is 0 Å². The Morgan fingerprint density at radius 2 is 2.36 bits per heavy atom. The van der Waals surface area contributed by atoms with Gasteiger partial charge in [0.15, 0.2) is 0 Å². The summed E-state index contributed by atoms with van der Waals surface area (Å²) in [5.74, 6) is -0.941. The topological polar surface area (TPSA) is 49.3 Å². The van der Waals surface area contributed by atoms with Gasteiger partial charge in [-0.05, 0) is 18.2 Å². The predicted molar refractivity (Wildman–Crippen MR) is 59.8 cm³/mol. The minimum atomic E-state index is -0.941. The van der Waals surface area contributed by atoms with Crippen LogP contribution in [0.3, 0.4) is 0 Å². The van der Waals surface area contributed by atoms with Crippen molar-refractivity contribution in [3.63, 3.8) is 0 Å². The number of carboxylic acids is 1. The molecule has 0 fully saturated rings. The maximum atomic E-state index is 10.8. The highest BCUT2D eigenvalue weighted by Crippen LogP contribution is 2.21. The second-order valence-electron chi connectivity index (χ2n) is 2.66. The van der Waals surface area contributed by atoms with Gasteiger partial charge in [-0.3, -0.25) is 0 Å². The molecule has 0 aromatic heterocycles. The number of rotatable bonds is 4. The van der Waals surface area contributed by atoms with Crippen molar-refractivity contribution in [2.75, 3.05) is 11.9 Å². The summed E-state index contributed by atoms with van der Waals surface area (Å²) in [6, 6.07) is 4.98. The second-order valence-corrected chi connectivity index (χ2v) is 3.58. The molecule has 74 valence electrons. The van der Waals surface area contributed by atoms with Crippen molar-refractivity contribution in [1.82, 2.24) is 0 Å². The number of nitrogens with one attached hydrogen (secondary N) is 1. The van der Waals surface area contributed by atoms with Crippen LogP contribution in [0.15, 0.2) is 35.3 Å². The van der Waals surface area contributed by atoms with E-state index in [2.05, 4.69) is 27.8 Å². The van der Waals surface area contributed by atoms with E-state index in [-0.39, 0.29) is 5.56 Å². The van der Waals surface area contributed by atoms with Gasteiger partial charge >= 0.3 is 5.97 Å². The van der Waals surface area contributed by atoms with E-state index in [1.807, 2.05) is 0 Å². The fraction of sp³-hybridized carbons (Fsp3) is 0.100. The van der Waals surface area contributed by atoms with E-state index in [1.165, 1.54) is 0 Å². The Morgan fingerprint density at radius 1 is 1.64 bits per heavy atom. The van der Waals surface area contributed by atoms with Crippen molar-refractivity contribution in [2.24, 2.45) is 0 Å². The third-order valence-corrected chi connectivity index (χ3v) is 2.14. The molecule has 2 N–H and O–H groups in total. The van der Waals surface area contributed by atoms with Crippen LogP contribution in [0.1, 0.15) is 10.4 Å². The molecule has 3 nitrogen and oxygen atoms in total. The molecule has 1 aromatic rings. The first-order valence-electron chi connectivity index (χ1n) is 4.02. The molecule has 1 rings (SSSR count). The molecule has 0 aliphatic heterocycles. The number of hydrogen-bond acceptors (Lipinski definition) is 2. The van der Waals surface area contributed by atoms with E-state index in [4.69, 9.17) is 5.11 Å². The van der Waals surface area contributed by atoms with E-state index in [9.17, 15) is 4.79 Å². The standard InChI is InChI=1S/C10H10BrNO2/c1-2-5-12-9-6-7(11)3-4-8(9)10(13)14/h2-4,6,12H,1,5H2,(H,13,14). The van der Waals surface area contributed by atoms with Crippen molar-refractivity contribution in [1.29, 1.82) is 0 Å². The van der Waals surface area contributed by atoms with Crippen LogP contribution >= 0.6 is 15.9 Å². The molecule has 4 heteroatoms. The van der Waals surface area contributed by atoms with Crippen molar-refractivity contribution < 1.29 is 9.90 Å². The number of halogens is 1. The first-order chi connectivity index (χ1) is 6.65. The van der Waals surface area contributed by atoms with E-state index in [1.54, 1.807) is 24.3 Å². The highest BCUT2D eigenvalue weighted by Gasteiger charge is 2.08. The monoisotopic (exact) mass is 255 g/mol. The summed E-state index contributed by atoms with van der Waals surface area (Å²) in [6.07, 6.45) is 1.67. The highest BCUT2D eigenvalue weighted by atomic mass is 79.9. The number of carboxylic acid groups (broad SMARTS) is 1. The summed E-state index contributed by atoms with van der Waals surface area (Å²) in [5, 5.41) is 11.8. The van der Waals surface area contributed by atoms with Crippen LogP contribution in [-0.2, 0) is 0 Å². The minimum absolute atomic E-state index is 0.259. The Kier molecular flexibility index (Phi) is 3.71. The molecule has 0 saturated carbocycles. The molecule has 0 atom stereocenters. The van der Waals surface area contributed by atoms with Gasteiger partial charge < -0.3 is 10.4 Å². The lowest BCUT2D eigenvalue weighted by atomic mass is 10.2. The van der Waals surface area contributed by atoms with Gasteiger partial charge in [0.1, 0.15) is 0 Å². The normalized spacial score (nSPS) is 9.50. The Labute approximate surface area is 90.6 Å². The SMILES string of the molecule is C=CCNc1cc(Br)ccc1C(=O)O. The summed E-state index contributed by atoms with van der Waals surface area (Å²) in [6.45, 7) is 4.09. The van der Waals surface area contributed by atoms with Gasteiger partial charge in [-0.15, -0.1) is 6.58 Å². The van der Waals surface area contributed by atoms with E-state index in [0.29, 0.717) is 12.2 Å². The van der Waals surface area contributed by atoms with Gasteiger partial charge in [0.05, 0.1) is 11.3 Å². The van der Waals surface area contributed by atoms with Crippen LogP contribution in [0.4, 0.5) is 5.69 Å². The number of hydrogen-bond donors (Lipinski definition) is 2. The Bertz CT molecular complexity index is 363. The molecule has 0 unspecified atom stereocenters. The third kappa shape index (κ3) is 2.60. The molecule has 14 heavy (non-hydrogen) atoms. The van der Waals surface area contributed by atoms with Gasteiger partial charge in [0.25, 0.3) is 0 Å². The largest absolute Gasteiger partial charge is 0.478 e. The highest BCUT2D eigenvalue weighted by molar-refractivity contribution is 9.10. The first kappa shape index (κ1) is 10.8. The van der Waals surface area contributed by atoms with Crippen molar-refractivity contribution in [3.8, 4) is 0 Å². The fourth-order valence-corrected chi connectivity index (χ4v) is 1.39. The Hall–Kier alpha value is -1.29. The summed E-state index contributed by atoms with van der Waals surface area (Å²) in [5.41, 5.74) is 0.849. The molecule has 0 radical (unpaired) electrons. The molecule has 0 bridgehead atoms.